The molecule has 1 aromatic rings. The maximum atomic E-state index is 12.3. The van der Waals surface area contributed by atoms with Crippen LogP contribution in [0.4, 0.5) is 4.79 Å². The van der Waals surface area contributed by atoms with E-state index in [1.54, 1.807) is 11.8 Å². The second-order valence-corrected chi connectivity index (χ2v) is 5.55. The van der Waals surface area contributed by atoms with Crippen LogP contribution >= 0.6 is 0 Å². The lowest BCUT2D eigenvalue weighted by Crippen LogP contribution is -2.40. The van der Waals surface area contributed by atoms with Gasteiger partial charge in [0.05, 0.1) is 33.1 Å². The summed E-state index contributed by atoms with van der Waals surface area (Å²) in [5, 5.41) is 3.87. The molecule has 1 amide bonds. The van der Waals surface area contributed by atoms with Crippen molar-refractivity contribution in [2.75, 3.05) is 21.3 Å². The summed E-state index contributed by atoms with van der Waals surface area (Å²) in [5.74, 6) is -1.08. The molecule has 0 bridgehead atoms. The van der Waals surface area contributed by atoms with Gasteiger partial charge in [0.2, 0.25) is 0 Å². The Morgan fingerprint density at radius 3 is 2.27 bits per heavy atom. The topological polar surface area (TPSA) is 106 Å². The van der Waals surface area contributed by atoms with Crippen molar-refractivity contribution in [2.24, 2.45) is 5.10 Å². The highest BCUT2D eigenvalue weighted by atomic mass is 16.5. The fraction of sp³-hybridized carbons (Fsp3) is 0.412. The monoisotopic (exact) mass is 363 g/mol. The smallest absolute Gasteiger partial charge is 0.427 e. The molecule has 2 rings (SSSR count). The first kappa shape index (κ1) is 19.4. The van der Waals surface area contributed by atoms with Crippen LogP contribution in [0.25, 0.3) is 0 Å². The Morgan fingerprint density at radius 1 is 1.08 bits per heavy atom. The zero-order valence-corrected chi connectivity index (χ0v) is 15.0. The van der Waals surface area contributed by atoms with E-state index in [4.69, 9.17) is 9.47 Å². The largest absolute Gasteiger partial charge is 0.468 e. The number of esters is 2. The predicted octanol–water partition coefficient (Wildman–Crippen LogP) is 0.858. The number of hydrogen-bond donors (Lipinski definition) is 1. The molecule has 0 aromatic heterocycles. The summed E-state index contributed by atoms with van der Waals surface area (Å²) in [7, 11) is 3.72. The highest BCUT2D eigenvalue weighted by molar-refractivity contribution is 6.06. The van der Waals surface area contributed by atoms with Crippen molar-refractivity contribution in [3.8, 4) is 0 Å². The van der Waals surface area contributed by atoms with Gasteiger partial charge in [-0.25, -0.2) is 15.0 Å². The van der Waals surface area contributed by atoms with E-state index < -0.39 is 30.1 Å². The second-order valence-electron chi connectivity index (χ2n) is 5.55. The lowest BCUT2D eigenvalue weighted by Gasteiger charge is -2.17. The molecule has 1 N–H and O–H groups in total. The Hall–Kier alpha value is -2.94. The van der Waals surface area contributed by atoms with Gasteiger partial charge < -0.3 is 14.2 Å². The number of carbonyl (C=O) groups is 3. The maximum Gasteiger partial charge on any atom is 0.427 e. The van der Waals surface area contributed by atoms with Crippen molar-refractivity contribution in [1.82, 2.24) is 10.3 Å². The summed E-state index contributed by atoms with van der Waals surface area (Å²) in [6.45, 7) is 1.55. The van der Waals surface area contributed by atoms with Gasteiger partial charge >= 0.3 is 18.0 Å². The van der Waals surface area contributed by atoms with E-state index in [1.807, 2.05) is 30.3 Å². The highest BCUT2D eigenvalue weighted by Gasteiger charge is 2.60. The van der Waals surface area contributed by atoms with E-state index in [2.05, 4.69) is 15.3 Å². The molecule has 1 aliphatic rings. The van der Waals surface area contributed by atoms with Gasteiger partial charge in [0, 0.05) is 0 Å². The molecule has 1 aromatic carbocycles. The van der Waals surface area contributed by atoms with Crippen LogP contribution in [0, 0.1) is 0 Å². The molecule has 0 spiro atoms. The molecule has 0 aliphatic carbocycles. The van der Waals surface area contributed by atoms with E-state index in [1.165, 1.54) is 21.3 Å². The Bertz CT molecular complexity index is 706. The molecule has 9 heteroatoms. The number of rotatable bonds is 6. The fourth-order valence-electron chi connectivity index (χ4n) is 2.81. The van der Waals surface area contributed by atoms with Crippen LogP contribution < -0.4 is 5.43 Å². The SMILES string of the molecule is COC(=O)N/N=C(\C)C(C(=O)OC)N1C(C(=O)OC)C1c1ccccc1. The number of benzene rings is 1. The standard InChI is InChI=1S/C17H21N3O6/c1-10(18-19-17(23)26-4)12(15(21)24-2)20-13(14(20)16(22)25-3)11-8-6-5-7-9-11/h5-9,12-14H,1-4H3,(H,19,23)/b18-10+. The Labute approximate surface area is 150 Å². The average Bonchev–Trinajstić information content (AvgIpc) is 3.40. The average molecular weight is 363 g/mol. The summed E-state index contributed by atoms with van der Waals surface area (Å²) in [4.78, 5) is 37.4. The third-order valence-electron chi connectivity index (χ3n) is 4.06. The van der Waals surface area contributed by atoms with E-state index in [0.717, 1.165) is 5.56 Å². The van der Waals surface area contributed by atoms with Gasteiger partial charge in [0.25, 0.3) is 0 Å². The summed E-state index contributed by atoms with van der Waals surface area (Å²) < 4.78 is 14.2. The minimum absolute atomic E-state index is 0.245. The number of ether oxygens (including phenoxy) is 3. The molecule has 26 heavy (non-hydrogen) atoms. The normalized spacial score (nSPS) is 22.8. The lowest BCUT2D eigenvalue weighted by molar-refractivity contribution is -0.144. The molecule has 0 saturated carbocycles. The zero-order valence-electron chi connectivity index (χ0n) is 15.0. The van der Waals surface area contributed by atoms with Crippen molar-refractivity contribution < 1.29 is 28.6 Å². The predicted molar refractivity (Wildman–Crippen MR) is 91.3 cm³/mol. The van der Waals surface area contributed by atoms with Crippen LogP contribution in [0.5, 0.6) is 0 Å². The van der Waals surface area contributed by atoms with Gasteiger partial charge in [-0.05, 0) is 12.5 Å². The molecule has 140 valence electrons. The Kier molecular flexibility index (Phi) is 6.29. The van der Waals surface area contributed by atoms with Gasteiger partial charge in [-0.15, -0.1) is 0 Å². The Morgan fingerprint density at radius 2 is 1.73 bits per heavy atom. The Balaban J connectivity index is 2.34. The number of methoxy groups -OCH3 is 3. The second kappa shape index (κ2) is 8.43. The minimum atomic E-state index is -0.966. The van der Waals surface area contributed by atoms with Crippen LogP contribution in [0.1, 0.15) is 18.5 Å². The molecule has 0 radical (unpaired) electrons. The van der Waals surface area contributed by atoms with Gasteiger partial charge in [-0.2, -0.15) is 5.10 Å². The minimum Gasteiger partial charge on any atom is -0.468 e. The summed E-state index contributed by atoms with van der Waals surface area (Å²) >= 11 is 0. The quantitative estimate of drug-likeness (QED) is 0.263. The van der Waals surface area contributed by atoms with Gasteiger partial charge in [0.15, 0.2) is 0 Å². The fourth-order valence-corrected chi connectivity index (χ4v) is 2.81. The zero-order chi connectivity index (χ0) is 19.3. The molecular formula is C17H21N3O6. The summed E-state index contributed by atoms with van der Waals surface area (Å²) in [6.07, 6.45) is -0.775. The van der Waals surface area contributed by atoms with Crippen molar-refractivity contribution in [3.63, 3.8) is 0 Å². The first-order chi connectivity index (χ1) is 12.5. The summed E-state index contributed by atoms with van der Waals surface area (Å²) in [6, 6.07) is 7.26. The first-order valence-electron chi connectivity index (χ1n) is 7.82. The molecule has 1 fully saturated rings. The van der Waals surface area contributed by atoms with Gasteiger partial charge in [-0.1, -0.05) is 30.3 Å². The van der Waals surface area contributed by atoms with Gasteiger partial charge in [0.1, 0.15) is 12.1 Å². The van der Waals surface area contributed by atoms with E-state index in [9.17, 15) is 14.4 Å². The first-order valence-corrected chi connectivity index (χ1v) is 7.82. The van der Waals surface area contributed by atoms with Crippen LogP contribution in [0.2, 0.25) is 0 Å². The van der Waals surface area contributed by atoms with Crippen LogP contribution in [0.15, 0.2) is 35.4 Å². The molecule has 4 atom stereocenters. The van der Waals surface area contributed by atoms with Crippen molar-refractivity contribution in [3.05, 3.63) is 35.9 Å². The van der Waals surface area contributed by atoms with E-state index in [0.29, 0.717) is 0 Å². The van der Waals surface area contributed by atoms with E-state index >= 15 is 0 Å². The van der Waals surface area contributed by atoms with Gasteiger partial charge in [-0.3, -0.25) is 9.69 Å². The lowest BCUT2D eigenvalue weighted by atomic mass is 10.1. The van der Waals surface area contributed by atoms with Crippen molar-refractivity contribution >= 4 is 23.7 Å². The van der Waals surface area contributed by atoms with Crippen molar-refractivity contribution in [2.45, 2.75) is 25.0 Å². The van der Waals surface area contributed by atoms with Crippen LogP contribution in [-0.2, 0) is 23.8 Å². The number of amides is 1. The third kappa shape index (κ3) is 3.99. The highest BCUT2D eigenvalue weighted by Crippen LogP contribution is 2.46. The number of hydrazone groups is 1. The number of nitrogens with one attached hydrogen (secondary N) is 1. The molecule has 9 nitrogen and oxygen atoms in total. The van der Waals surface area contributed by atoms with Crippen molar-refractivity contribution in [1.29, 1.82) is 0 Å². The number of hydrogen-bond acceptors (Lipinski definition) is 8. The van der Waals surface area contributed by atoms with E-state index in [-0.39, 0.29) is 11.8 Å². The number of carbonyl (C=O) groups excluding carboxylic acids is 3. The maximum absolute atomic E-state index is 12.3. The third-order valence-corrected chi connectivity index (χ3v) is 4.06. The molecule has 1 saturated heterocycles. The summed E-state index contributed by atoms with van der Waals surface area (Å²) in [5.41, 5.74) is 3.26. The molecular weight excluding hydrogens is 342 g/mol. The molecule has 4 unspecified atom stereocenters. The molecule has 1 heterocycles. The number of nitrogens with zero attached hydrogens (tertiary/aromatic N) is 2. The van der Waals surface area contributed by atoms with Crippen LogP contribution in [0.3, 0.4) is 0 Å². The van der Waals surface area contributed by atoms with Crippen LogP contribution in [-0.4, -0.2) is 62.1 Å². The molecule has 1 aliphatic heterocycles.